The Morgan fingerprint density at radius 1 is 1.60 bits per heavy atom. The normalized spacial score (nSPS) is 27.4. The number of aliphatic imine (C=N–C) groups is 1. The number of hydrogen-bond donors (Lipinski definition) is 1. The van der Waals surface area contributed by atoms with Crippen molar-refractivity contribution in [1.82, 2.24) is 0 Å². The predicted octanol–water partition coefficient (Wildman–Crippen LogP) is 1.27. The first-order valence-electron chi connectivity index (χ1n) is 6.29. The number of rotatable bonds is 6. The Morgan fingerprint density at radius 2 is 2.25 bits per heavy atom. The maximum Gasteiger partial charge on any atom is 0.310 e. The summed E-state index contributed by atoms with van der Waals surface area (Å²) >= 11 is 0. The molecule has 0 aliphatic carbocycles. The molecule has 2 unspecified atom stereocenters. The van der Waals surface area contributed by atoms with Crippen LogP contribution in [0.3, 0.4) is 0 Å². The lowest BCUT2D eigenvalue weighted by atomic mass is 9.92. The number of nitrogens with one attached hydrogen (secondary N) is 1. The molecule has 114 valence electrons. The Morgan fingerprint density at radius 3 is 2.75 bits per heavy atom. The van der Waals surface area contributed by atoms with Crippen molar-refractivity contribution in [2.75, 3.05) is 13.9 Å². The number of hydrogen-bond acceptors (Lipinski definition) is 6. The van der Waals surface area contributed by atoms with Crippen molar-refractivity contribution in [1.29, 1.82) is 0 Å². The molecule has 0 spiro atoms. The molecule has 7 heteroatoms. The summed E-state index contributed by atoms with van der Waals surface area (Å²) in [5.74, 6) is -0.644. The zero-order chi connectivity index (χ0) is 15.3. The van der Waals surface area contributed by atoms with Gasteiger partial charge in [0.15, 0.2) is 6.79 Å². The summed E-state index contributed by atoms with van der Waals surface area (Å²) in [6.07, 6.45) is 0.787. The van der Waals surface area contributed by atoms with Gasteiger partial charge in [-0.25, -0.2) is 0 Å². The highest BCUT2D eigenvalue weighted by Gasteiger charge is 2.39. The van der Waals surface area contributed by atoms with Gasteiger partial charge in [0.25, 0.3) is 0 Å². The molecule has 0 aromatic rings. The zero-order valence-corrected chi connectivity index (χ0v) is 12.1. The highest BCUT2D eigenvalue weighted by atomic mass is 16.7. The lowest BCUT2D eigenvalue weighted by molar-refractivity contribution is -0.170. The van der Waals surface area contributed by atoms with Gasteiger partial charge in [-0.1, -0.05) is 13.8 Å². The van der Waals surface area contributed by atoms with Gasteiger partial charge in [0, 0.05) is 19.5 Å². The molecule has 0 aromatic carbocycles. The van der Waals surface area contributed by atoms with Gasteiger partial charge in [0.1, 0.15) is 11.7 Å². The predicted molar refractivity (Wildman–Crippen MR) is 73.0 cm³/mol. The van der Waals surface area contributed by atoms with E-state index >= 15 is 0 Å². The van der Waals surface area contributed by atoms with Gasteiger partial charge < -0.3 is 25.1 Å². The van der Waals surface area contributed by atoms with Gasteiger partial charge in [-0.3, -0.25) is 9.79 Å². The van der Waals surface area contributed by atoms with Crippen molar-refractivity contribution >= 4 is 11.7 Å². The summed E-state index contributed by atoms with van der Waals surface area (Å²) < 4.78 is 15.7. The molecule has 2 N–H and O–H groups in total. The minimum atomic E-state index is -1.53. The van der Waals surface area contributed by atoms with E-state index in [1.165, 1.54) is 13.3 Å². The second-order valence-corrected chi connectivity index (χ2v) is 4.94. The van der Waals surface area contributed by atoms with E-state index < -0.39 is 17.9 Å². The maximum absolute atomic E-state index is 11.4. The molecule has 7 nitrogen and oxygen atoms in total. The van der Waals surface area contributed by atoms with Crippen molar-refractivity contribution in [2.24, 2.45) is 10.9 Å². The minimum absolute atomic E-state index is 0.109. The van der Waals surface area contributed by atoms with Gasteiger partial charge in [-0.15, -0.1) is 0 Å². The number of esters is 1. The third kappa shape index (κ3) is 3.86. The highest BCUT2D eigenvalue weighted by Crippen LogP contribution is 2.26. The molecule has 20 heavy (non-hydrogen) atoms. The molecule has 0 bridgehead atoms. The molecule has 1 rings (SSSR count). The van der Waals surface area contributed by atoms with E-state index in [4.69, 9.17) is 19.9 Å². The van der Waals surface area contributed by atoms with E-state index in [1.807, 2.05) is 0 Å². The number of carbonyl (C=O) groups excluding carboxylic acids is 1. The number of aliphatic hydroxyl groups excluding tert-OH is 1. The number of carbonyl (C=O) groups is 1. The first-order valence-corrected chi connectivity index (χ1v) is 6.29. The third-order valence-electron chi connectivity index (χ3n) is 3.05. The fourth-order valence-corrected chi connectivity index (χ4v) is 1.69. The Kier molecular flexibility index (Phi) is 5.82. The number of aliphatic hydroxyl groups is 1. The number of methoxy groups -OCH3 is 1. The van der Waals surface area contributed by atoms with E-state index in [-0.39, 0.29) is 24.4 Å². The SMILES string of the molecule is CO[C@]1(C)C=CN=C(C([NH-])O)C1OCOC(=O)C(C)C. The van der Waals surface area contributed by atoms with Crippen LogP contribution >= 0.6 is 0 Å². The highest BCUT2D eigenvalue weighted by molar-refractivity contribution is 5.95. The van der Waals surface area contributed by atoms with Gasteiger partial charge in [0.05, 0.1) is 11.6 Å². The van der Waals surface area contributed by atoms with Crippen LogP contribution in [0.4, 0.5) is 0 Å². The topological polar surface area (TPSA) is 101 Å². The Hall–Kier alpha value is -1.28. The van der Waals surface area contributed by atoms with E-state index in [2.05, 4.69) is 4.99 Å². The second kappa shape index (κ2) is 6.94. The van der Waals surface area contributed by atoms with E-state index in [9.17, 15) is 9.90 Å². The van der Waals surface area contributed by atoms with Crippen LogP contribution in [0.25, 0.3) is 5.73 Å². The summed E-state index contributed by atoms with van der Waals surface area (Å²) in [6.45, 7) is 4.87. The smallest absolute Gasteiger partial charge is 0.310 e. The van der Waals surface area contributed by atoms with E-state index in [0.717, 1.165) is 0 Å². The van der Waals surface area contributed by atoms with E-state index in [0.29, 0.717) is 0 Å². The van der Waals surface area contributed by atoms with Crippen molar-refractivity contribution in [3.05, 3.63) is 18.0 Å². The molecule has 0 saturated carbocycles. The monoisotopic (exact) mass is 285 g/mol. The molecular formula is C13H21N2O5-. The minimum Gasteiger partial charge on any atom is -0.647 e. The average Bonchev–Trinajstić information content (AvgIpc) is 2.39. The van der Waals surface area contributed by atoms with Gasteiger partial charge in [0.2, 0.25) is 0 Å². The van der Waals surface area contributed by atoms with Crippen LogP contribution in [0.5, 0.6) is 0 Å². The summed E-state index contributed by atoms with van der Waals surface area (Å²) in [7, 11) is 1.49. The van der Waals surface area contributed by atoms with Crippen molar-refractivity contribution in [3.63, 3.8) is 0 Å². The molecule has 0 saturated heterocycles. The Bertz CT molecular complexity index is 406. The van der Waals surface area contributed by atoms with Crippen LogP contribution in [0.15, 0.2) is 17.3 Å². The van der Waals surface area contributed by atoms with Crippen LogP contribution in [-0.2, 0) is 19.0 Å². The lowest BCUT2D eigenvalue weighted by Gasteiger charge is -2.38. The first kappa shape index (κ1) is 16.8. The summed E-state index contributed by atoms with van der Waals surface area (Å²) in [5.41, 5.74) is 6.61. The molecule has 0 fully saturated rings. The van der Waals surface area contributed by atoms with Gasteiger partial charge >= 0.3 is 5.97 Å². The molecule has 1 heterocycles. The molecule has 3 atom stereocenters. The van der Waals surface area contributed by atoms with Crippen LogP contribution in [0, 0.1) is 5.92 Å². The standard InChI is InChI=1S/C13H21N2O5/c1-8(2)12(17)20-7-19-10-9(11(14)16)15-6-5-13(10,3)18-4/h5-6,8,10-11,14,16H,7H2,1-4H3/q-1/t10?,11?,13-/m1/s1. The number of ether oxygens (including phenoxy) is 3. The average molecular weight is 285 g/mol. The zero-order valence-electron chi connectivity index (χ0n) is 12.1. The molecule has 1 aliphatic heterocycles. The van der Waals surface area contributed by atoms with Gasteiger partial charge in [-0.2, -0.15) is 0 Å². The molecule has 0 amide bonds. The number of nitrogens with zero attached hydrogens (tertiary/aromatic N) is 1. The summed E-state index contributed by atoms with van der Waals surface area (Å²) in [6, 6.07) is 0. The quantitative estimate of drug-likeness (QED) is 0.585. The van der Waals surface area contributed by atoms with Gasteiger partial charge in [-0.05, 0) is 13.0 Å². The lowest BCUT2D eigenvalue weighted by Crippen LogP contribution is -2.51. The summed E-state index contributed by atoms with van der Waals surface area (Å²) in [4.78, 5) is 15.3. The fourth-order valence-electron chi connectivity index (χ4n) is 1.69. The second-order valence-electron chi connectivity index (χ2n) is 4.94. The van der Waals surface area contributed by atoms with Crippen molar-refractivity contribution in [3.8, 4) is 0 Å². The van der Waals surface area contributed by atoms with Crippen molar-refractivity contribution in [2.45, 2.75) is 38.7 Å². The largest absolute Gasteiger partial charge is 0.647 e. The molecule has 1 aliphatic rings. The third-order valence-corrected chi connectivity index (χ3v) is 3.05. The summed E-state index contributed by atoms with van der Waals surface area (Å²) in [5, 5.41) is 9.43. The van der Waals surface area contributed by atoms with Crippen LogP contribution in [-0.4, -0.2) is 48.6 Å². The maximum atomic E-state index is 11.4. The Balaban J connectivity index is 2.74. The first-order chi connectivity index (χ1) is 9.31. The van der Waals surface area contributed by atoms with Crippen molar-refractivity contribution < 1.29 is 24.1 Å². The van der Waals surface area contributed by atoms with Crippen LogP contribution in [0.1, 0.15) is 20.8 Å². The Labute approximate surface area is 118 Å². The van der Waals surface area contributed by atoms with Crippen LogP contribution < -0.4 is 0 Å². The van der Waals surface area contributed by atoms with E-state index in [1.54, 1.807) is 26.8 Å². The fraction of sp³-hybridized carbons (Fsp3) is 0.692. The molecular weight excluding hydrogens is 264 g/mol. The van der Waals surface area contributed by atoms with Crippen LogP contribution in [0.2, 0.25) is 0 Å². The molecule has 0 radical (unpaired) electrons. The molecule has 0 aromatic heterocycles.